The fraction of sp³-hybridized carbons (Fsp3) is 0.556. The summed E-state index contributed by atoms with van der Waals surface area (Å²) >= 11 is 0. The van der Waals surface area contributed by atoms with E-state index in [0.29, 0.717) is 0 Å². The van der Waals surface area contributed by atoms with E-state index in [9.17, 15) is 0 Å². The molecule has 0 N–H and O–H groups in total. The van der Waals surface area contributed by atoms with E-state index in [0.717, 1.165) is 25.7 Å². The molecule has 2 nitrogen and oxygen atoms in total. The summed E-state index contributed by atoms with van der Waals surface area (Å²) in [6, 6.07) is 0. The van der Waals surface area contributed by atoms with Crippen LogP contribution in [-0.2, 0) is 26.2 Å². The molecular formula is C18H30N2Zr. The number of allylic oxidation sites excluding steroid dienone is 8. The SMILES string of the molecule is CCC1=[C-]CC=C1.CCC1=[C-]CC=C1.C[N-]C.C[N-]C.[Zr+4]. The first kappa shape index (κ1) is 25.7. The molecule has 0 atom stereocenters. The summed E-state index contributed by atoms with van der Waals surface area (Å²) in [5, 5.41) is 7.00. The first-order valence-corrected chi connectivity index (χ1v) is 7.18. The summed E-state index contributed by atoms with van der Waals surface area (Å²) in [6.07, 6.45) is 19.3. The van der Waals surface area contributed by atoms with Crippen molar-refractivity contribution in [2.24, 2.45) is 0 Å². The van der Waals surface area contributed by atoms with Crippen LogP contribution in [0.5, 0.6) is 0 Å². The van der Waals surface area contributed by atoms with Gasteiger partial charge in [-0.05, 0) is 0 Å². The van der Waals surface area contributed by atoms with Crippen LogP contribution in [0.15, 0.2) is 35.5 Å². The van der Waals surface area contributed by atoms with Crippen LogP contribution in [0.25, 0.3) is 10.6 Å². The zero-order valence-electron chi connectivity index (χ0n) is 14.5. The van der Waals surface area contributed by atoms with Crippen molar-refractivity contribution in [1.29, 1.82) is 0 Å². The van der Waals surface area contributed by atoms with Crippen molar-refractivity contribution >= 4 is 0 Å². The predicted octanol–water partition coefficient (Wildman–Crippen LogP) is 5.41. The van der Waals surface area contributed by atoms with E-state index in [4.69, 9.17) is 0 Å². The molecule has 0 bridgehead atoms. The predicted molar refractivity (Wildman–Crippen MR) is 92.0 cm³/mol. The Balaban J connectivity index is -0.000000220. The molecule has 0 aliphatic heterocycles. The Labute approximate surface area is 152 Å². The van der Waals surface area contributed by atoms with Crippen LogP contribution in [0.1, 0.15) is 39.5 Å². The maximum atomic E-state index is 3.50. The summed E-state index contributed by atoms with van der Waals surface area (Å²) in [7, 11) is 7.00. The van der Waals surface area contributed by atoms with Gasteiger partial charge in [0.05, 0.1) is 0 Å². The molecule has 0 aromatic rings. The molecule has 0 aromatic heterocycles. The molecule has 0 radical (unpaired) electrons. The third-order valence-corrected chi connectivity index (χ3v) is 2.29. The third kappa shape index (κ3) is 19.8. The van der Waals surface area contributed by atoms with Crippen LogP contribution in [0.4, 0.5) is 0 Å². The van der Waals surface area contributed by atoms with Gasteiger partial charge in [0, 0.05) is 0 Å². The van der Waals surface area contributed by atoms with Gasteiger partial charge in [-0.3, -0.25) is 12.2 Å². The normalized spacial score (nSPS) is 13.4. The second-order valence-electron chi connectivity index (χ2n) is 4.22. The number of hydrogen-bond acceptors (Lipinski definition) is 0. The molecule has 116 valence electrons. The van der Waals surface area contributed by atoms with E-state index >= 15 is 0 Å². The minimum absolute atomic E-state index is 0. The first-order valence-electron chi connectivity index (χ1n) is 7.18. The van der Waals surface area contributed by atoms with Gasteiger partial charge < -0.3 is 10.6 Å². The summed E-state index contributed by atoms with van der Waals surface area (Å²) in [4.78, 5) is 0. The van der Waals surface area contributed by atoms with Gasteiger partial charge in [-0.1, -0.05) is 26.7 Å². The number of rotatable bonds is 2. The Bertz CT molecular complexity index is 283. The molecule has 21 heavy (non-hydrogen) atoms. The van der Waals surface area contributed by atoms with E-state index in [2.05, 4.69) is 60.9 Å². The van der Waals surface area contributed by atoms with Crippen LogP contribution >= 0.6 is 0 Å². The van der Waals surface area contributed by atoms with Crippen LogP contribution < -0.4 is 0 Å². The number of hydrogen-bond donors (Lipinski definition) is 0. The van der Waals surface area contributed by atoms with Crippen LogP contribution in [-0.4, -0.2) is 28.2 Å². The van der Waals surface area contributed by atoms with Crippen molar-refractivity contribution in [3.63, 3.8) is 0 Å². The van der Waals surface area contributed by atoms with Crippen molar-refractivity contribution in [2.45, 2.75) is 39.5 Å². The van der Waals surface area contributed by atoms with E-state index in [1.54, 1.807) is 28.2 Å². The van der Waals surface area contributed by atoms with E-state index in [1.807, 2.05) is 0 Å². The molecule has 0 unspecified atom stereocenters. The molecule has 0 aromatic carbocycles. The second-order valence-corrected chi connectivity index (χ2v) is 4.22. The van der Waals surface area contributed by atoms with E-state index in [-0.39, 0.29) is 26.2 Å². The molecule has 0 saturated carbocycles. The Kier molecular flexibility index (Phi) is 27.0. The topological polar surface area (TPSA) is 28.2 Å². The molecule has 2 aliphatic carbocycles. The Morgan fingerprint density at radius 2 is 1.10 bits per heavy atom. The van der Waals surface area contributed by atoms with Crippen molar-refractivity contribution in [3.8, 4) is 0 Å². The van der Waals surface area contributed by atoms with Gasteiger partial charge in [-0.2, -0.15) is 40.3 Å². The molecule has 3 heteroatoms. The average molecular weight is 366 g/mol. The Hall–Kier alpha value is -0.237. The van der Waals surface area contributed by atoms with E-state index in [1.165, 1.54) is 11.1 Å². The molecule has 0 amide bonds. The molecule has 0 fully saturated rings. The third-order valence-electron chi connectivity index (χ3n) is 2.29. The number of nitrogens with zero attached hydrogens (tertiary/aromatic N) is 2. The van der Waals surface area contributed by atoms with Crippen LogP contribution in [0.2, 0.25) is 0 Å². The zero-order chi connectivity index (χ0) is 15.6. The van der Waals surface area contributed by atoms with Crippen molar-refractivity contribution in [1.82, 2.24) is 0 Å². The molecule has 2 aliphatic rings. The fourth-order valence-corrected chi connectivity index (χ4v) is 1.39. The Morgan fingerprint density at radius 1 is 0.810 bits per heavy atom. The maximum absolute atomic E-state index is 3.50. The molecule has 2 rings (SSSR count). The fourth-order valence-electron chi connectivity index (χ4n) is 1.39. The summed E-state index contributed by atoms with van der Waals surface area (Å²) < 4.78 is 0. The summed E-state index contributed by atoms with van der Waals surface area (Å²) in [6.45, 7) is 4.30. The summed E-state index contributed by atoms with van der Waals surface area (Å²) in [5.41, 5.74) is 2.72. The average Bonchev–Trinajstić information content (AvgIpc) is 3.14. The second kappa shape index (κ2) is 22.1. The smallest absolute Gasteiger partial charge is 0.668 e. The standard InChI is InChI=1S/2C7H9.2C2H6N.Zr/c2*1-2-7-5-3-4-6-7;2*1-3-2;/h2*3,5H,2,4H2,1H3;2*1-2H3;/q4*-1;+4. The largest absolute Gasteiger partial charge is 4.00 e. The zero-order valence-corrected chi connectivity index (χ0v) is 17.0. The molecular weight excluding hydrogens is 335 g/mol. The van der Waals surface area contributed by atoms with Gasteiger partial charge in [0.25, 0.3) is 0 Å². The van der Waals surface area contributed by atoms with Crippen molar-refractivity contribution in [3.05, 3.63) is 58.2 Å². The maximum Gasteiger partial charge on any atom is 4.00 e. The first-order chi connectivity index (χ1) is 9.69. The monoisotopic (exact) mass is 364 g/mol. The van der Waals surface area contributed by atoms with Gasteiger partial charge in [-0.15, -0.1) is 12.8 Å². The molecule has 0 saturated heterocycles. The summed E-state index contributed by atoms with van der Waals surface area (Å²) in [5.74, 6) is 0. The van der Waals surface area contributed by atoms with Gasteiger partial charge >= 0.3 is 26.2 Å². The van der Waals surface area contributed by atoms with Crippen molar-refractivity contribution in [2.75, 3.05) is 28.2 Å². The van der Waals surface area contributed by atoms with Gasteiger partial charge in [0.1, 0.15) is 0 Å². The molecule has 0 heterocycles. The minimum Gasteiger partial charge on any atom is -0.668 e. The van der Waals surface area contributed by atoms with Gasteiger partial charge in [0.2, 0.25) is 0 Å². The quantitative estimate of drug-likeness (QED) is 0.585. The van der Waals surface area contributed by atoms with Crippen LogP contribution in [0.3, 0.4) is 0 Å². The van der Waals surface area contributed by atoms with E-state index < -0.39 is 0 Å². The minimum atomic E-state index is 0. The van der Waals surface area contributed by atoms with Crippen molar-refractivity contribution < 1.29 is 26.2 Å². The van der Waals surface area contributed by atoms with Gasteiger partial charge in [-0.25, -0.2) is 23.3 Å². The van der Waals surface area contributed by atoms with Gasteiger partial charge in [0.15, 0.2) is 0 Å². The van der Waals surface area contributed by atoms with Crippen LogP contribution in [0, 0.1) is 12.2 Å². The molecule has 0 spiro atoms. The Morgan fingerprint density at radius 3 is 1.19 bits per heavy atom.